The van der Waals surface area contributed by atoms with Crippen LogP contribution in [0, 0.1) is 0 Å². The molecule has 0 radical (unpaired) electrons. The van der Waals surface area contributed by atoms with Crippen LogP contribution >= 0.6 is 11.8 Å². The molecule has 2 aliphatic rings. The maximum atomic E-state index is 6.65. The summed E-state index contributed by atoms with van der Waals surface area (Å²) in [5.74, 6) is -0.00751. The Hall–Kier alpha value is -4.47. The van der Waals surface area contributed by atoms with Gasteiger partial charge in [-0.1, -0.05) is 134 Å². The van der Waals surface area contributed by atoms with Crippen molar-refractivity contribution in [2.24, 2.45) is 5.73 Å². The minimum atomic E-state index is -0.00751. The number of thioether (sulfide) groups is 1. The van der Waals surface area contributed by atoms with Gasteiger partial charge >= 0.3 is 0 Å². The third-order valence-corrected chi connectivity index (χ3v) is 8.70. The van der Waals surface area contributed by atoms with E-state index in [1.165, 1.54) is 48.3 Å². The first kappa shape index (κ1) is 25.8. The SMILES string of the molecule is C=C/C=C\C=C1/Sc2c1ccc1c3ccccc3n(/C=C(\C=C/C=C)C(C3=CCCC=C3N)c3ccccc3)c21. The largest absolute Gasteiger partial charge is 0.399 e. The summed E-state index contributed by atoms with van der Waals surface area (Å²) in [5.41, 5.74) is 14.8. The van der Waals surface area contributed by atoms with Crippen molar-refractivity contribution in [1.82, 2.24) is 4.57 Å². The van der Waals surface area contributed by atoms with Crippen LogP contribution in [-0.2, 0) is 0 Å². The molecule has 4 aromatic rings. The van der Waals surface area contributed by atoms with Crippen molar-refractivity contribution < 1.29 is 0 Å². The molecular weight excluding hydrogens is 504 g/mol. The lowest BCUT2D eigenvalue weighted by atomic mass is 9.81. The fraction of sp³-hybridized carbons (Fsp3) is 0.0811. The minimum absolute atomic E-state index is 0.00751. The fourth-order valence-electron chi connectivity index (χ4n) is 5.69. The van der Waals surface area contributed by atoms with Crippen LogP contribution in [-0.4, -0.2) is 4.57 Å². The highest BCUT2D eigenvalue weighted by molar-refractivity contribution is 8.10. The van der Waals surface area contributed by atoms with E-state index in [2.05, 4.69) is 121 Å². The van der Waals surface area contributed by atoms with Crippen molar-refractivity contribution in [3.8, 4) is 0 Å². The van der Waals surface area contributed by atoms with Gasteiger partial charge in [0.15, 0.2) is 0 Å². The topological polar surface area (TPSA) is 30.9 Å². The fourth-order valence-corrected chi connectivity index (χ4v) is 6.78. The molecule has 40 heavy (non-hydrogen) atoms. The van der Waals surface area contributed by atoms with Gasteiger partial charge in [-0.05, 0) is 41.7 Å². The van der Waals surface area contributed by atoms with Crippen LogP contribution in [0.15, 0.2) is 156 Å². The third kappa shape index (κ3) is 4.63. The van der Waals surface area contributed by atoms with Crippen molar-refractivity contribution in [3.63, 3.8) is 0 Å². The number of fused-ring (bicyclic) bond motifs is 5. The van der Waals surface area contributed by atoms with Crippen LogP contribution < -0.4 is 5.73 Å². The smallest absolute Gasteiger partial charge is 0.0681 e. The Morgan fingerprint density at radius 3 is 2.42 bits per heavy atom. The maximum Gasteiger partial charge on any atom is 0.0681 e. The summed E-state index contributed by atoms with van der Waals surface area (Å²) in [4.78, 5) is 2.58. The Morgan fingerprint density at radius 1 is 0.850 bits per heavy atom. The number of nitrogens with zero attached hydrogens (tertiary/aromatic N) is 1. The third-order valence-electron chi connectivity index (χ3n) is 7.51. The number of rotatable bonds is 8. The summed E-state index contributed by atoms with van der Waals surface area (Å²) in [6, 6.07) is 23.9. The van der Waals surface area contributed by atoms with Gasteiger partial charge in [-0.15, -0.1) is 0 Å². The lowest BCUT2D eigenvalue weighted by Crippen LogP contribution is -2.14. The normalized spacial score (nSPS) is 17.2. The predicted molar refractivity (Wildman–Crippen MR) is 175 cm³/mol. The Morgan fingerprint density at radius 2 is 1.62 bits per heavy atom. The van der Waals surface area contributed by atoms with E-state index in [4.69, 9.17) is 5.73 Å². The zero-order valence-electron chi connectivity index (χ0n) is 22.5. The highest BCUT2D eigenvalue weighted by Crippen LogP contribution is 2.53. The Labute approximate surface area is 240 Å². The van der Waals surface area contributed by atoms with Crippen molar-refractivity contribution in [1.29, 1.82) is 0 Å². The van der Waals surface area contributed by atoms with E-state index in [1.807, 2.05) is 30.0 Å². The van der Waals surface area contributed by atoms with Gasteiger partial charge in [0.2, 0.25) is 0 Å². The summed E-state index contributed by atoms with van der Waals surface area (Å²) in [5, 5.41) is 2.51. The molecule has 1 aliphatic carbocycles. The van der Waals surface area contributed by atoms with Crippen LogP contribution in [0.4, 0.5) is 0 Å². The standard InChI is InChI=1S/C37H32N2S/c1-3-5-8-22-34-31-24-23-29-28-18-12-14-21-33(28)39(36(29)37(31)40-34)25-27(15-6-4-2)35(26-16-9-7-10-17-26)30-19-11-13-20-32(30)38/h3-10,12,14-25,35H,1-2,11,13,38H2/b8-5-,15-6-,27-25+,34-22-. The van der Waals surface area contributed by atoms with Crippen molar-refractivity contribution in [2.45, 2.75) is 23.7 Å². The molecule has 1 aromatic heterocycles. The summed E-state index contributed by atoms with van der Waals surface area (Å²) in [6.45, 7) is 7.76. The summed E-state index contributed by atoms with van der Waals surface area (Å²) in [6.07, 6.45) is 22.8. The number of para-hydroxylation sites is 1. The van der Waals surface area contributed by atoms with Gasteiger partial charge in [0, 0.05) is 44.0 Å². The highest BCUT2D eigenvalue weighted by Gasteiger charge is 2.28. The Bertz CT molecular complexity index is 1810. The second-order valence-electron chi connectivity index (χ2n) is 9.94. The first-order valence-electron chi connectivity index (χ1n) is 13.7. The van der Waals surface area contributed by atoms with Crippen LogP contribution in [0.2, 0.25) is 0 Å². The molecule has 6 rings (SSSR count). The Balaban J connectivity index is 1.62. The second kappa shape index (κ2) is 11.3. The first-order valence-corrected chi connectivity index (χ1v) is 14.5. The molecule has 1 unspecified atom stereocenters. The van der Waals surface area contributed by atoms with Gasteiger partial charge in [-0.25, -0.2) is 0 Å². The molecule has 0 bridgehead atoms. The number of hydrogen-bond acceptors (Lipinski definition) is 2. The lowest BCUT2D eigenvalue weighted by molar-refractivity contribution is 0.885. The van der Waals surface area contributed by atoms with E-state index in [1.54, 1.807) is 6.08 Å². The molecule has 0 saturated carbocycles. The van der Waals surface area contributed by atoms with E-state index < -0.39 is 0 Å². The van der Waals surface area contributed by atoms with Crippen molar-refractivity contribution >= 4 is 44.7 Å². The molecule has 0 amide bonds. The highest BCUT2D eigenvalue weighted by atomic mass is 32.2. The van der Waals surface area contributed by atoms with E-state index >= 15 is 0 Å². The number of hydrogen-bond donors (Lipinski definition) is 1. The van der Waals surface area contributed by atoms with Gasteiger partial charge in [0.25, 0.3) is 0 Å². The molecule has 2 heterocycles. The van der Waals surface area contributed by atoms with Crippen LogP contribution in [0.25, 0.3) is 32.9 Å². The van der Waals surface area contributed by atoms with E-state index in [0.717, 1.165) is 24.1 Å². The van der Waals surface area contributed by atoms with Crippen molar-refractivity contribution in [3.05, 3.63) is 163 Å². The zero-order chi connectivity index (χ0) is 27.5. The number of benzene rings is 3. The molecule has 0 fully saturated rings. The average Bonchev–Trinajstić information content (AvgIpc) is 3.28. The molecule has 3 aromatic carbocycles. The Kier molecular flexibility index (Phi) is 7.31. The maximum absolute atomic E-state index is 6.65. The number of nitrogens with two attached hydrogens (primary N) is 1. The summed E-state index contributed by atoms with van der Waals surface area (Å²) < 4.78 is 2.38. The monoisotopic (exact) mass is 536 g/mol. The molecule has 196 valence electrons. The molecule has 0 saturated heterocycles. The molecule has 3 heteroatoms. The van der Waals surface area contributed by atoms with Gasteiger partial charge < -0.3 is 10.3 Å². The van der Waals surface area contributed by atoms with Gasteiger partial charge in [-0.2, -0.15) is 0 Å². The molecule has 0 spiro atoms. The van der Waals surface area contributed by atoms with E-state index in [0.29, 0.717) is 0 Å². The van der Waals surface area contributed by atoms with Crippen molar-refractivity contribution in [2.75, 3.05) is 0 Å². The van der Waals surface area contributed by atoms with Gasteiger partial charge in [0.05, 0.1) is 11.0 Å². The molecule has 1 aliphatic heterocycles. The molecule has 1 atom stereocenters. The molecule has 2 N–H and O–H groups in total. The zero-order valence-corrected chi connectivity index (χ0v) is 23.3. The minimum Gasteiger partial charge on any atom is -0.399 e. The van der Waals surface area contributed by atoms with E-state index in [-0.39, 0.29) is 5.92 Å². The molecule has 2 nitrogen and oxygen atoms in total. The quantitative estimate of drug-likeness (QED) is 0.227. The van der Waals surface area contributed by atoms with Gasteiger partial charge in [-0.3, -0.25) is 0 Å². The van der Waals surface area contributed by atoms with Crippen LogP contribution in [0.5, 0.6) is 0 Å². The summed E-state index contributed by atoms with van der Waals surface area (Å²) >= 11 is 1.84. The van der Waals surface area contributed by atoms with Crippen LogP contribution in [0.3, 0.4) is 0 Å². The van der Waals surface area contributed by atoms with Crippen LogP contribution in [0.1, 0.15) is 29.9 Å². The van der Waals surface area contributed by atoms with E-state index in [9.17, 15) is 0 Å². The first-order chi connectivity index (χ1) is 19.7. The lowest BCUT2D eigenvalue weighted by Gasteiger charge is -2.26. The predicted octanol–water partition coefficient (Wildman–Crippen LogP) is 9.91. The molecular formula is C37H32N2S. The number of allylic oxidation sites excluding steroid dienone is 11. The summed E-state index contributed by atoms with van der Waals surface area (Å²) in [7, 11) is 0. The van der Waals surface area contributed by atoms with Gasteiger partial charge in [0.1, 0.15) is 0 Å². The number of aromatic nitrogens is 1. The second-order valence-corrected chi connectivity index (χ2v) is 11.0. The average molecular weight is 537 g/mol.